The zero-order valence-electron chi connectivity index (χ0n) is 9.49. The van der Waals surface area contributed by atoms with Crippen molar-refractivity contribution in [1.29, 1.82) is 0 Å². The molecule has 5 heteroatoms. The van der Waals surface area contributed by atoms with E-state index in [4.69, 9.17) is 16.3 Å². The van der Waals surface area contributed by atoms with Gasteiger partial charge in [0, 0.05) is 24.8 Å². The van der Waals surface area contributed by atoms with Crippen LogP contribution < -0.4 is 5.32 Å². The molecule has 1 aliphatic heterocycles. The van der Waals surface area contributed by atoms with E-state index in [1.807, 2.05) is 0 Å². The number of ether oxygens (including phenoxy) is 1. The number of hydrogen-bond acceptors (Lipinski definition) is 4. The minimum Gasteiger partial charge on any atom is -0.383 e. The first-order valence-corrected chi connectivity index (χ1v) is 6.12. The molecular formula is C12H15ClN2O2. The van der Waals surface area contributed by atoms with Crippen molar-refractivity contribution in [2.24, 2.45) is 11.1 Å². The highest BCUT2D eigenvalue weighted by Gasteiger charge is 2.14. The monoisotopic (exact) mass is 254 g/mol. The van der Waals surface area contributed by atoms with E-state index in [2.05, 4.69) is 10.5 Å². The molecule has 2 rings (SSSR count). The van der Waals surface area contributed by atoms with Crippen LogP contribution in [0, 0.1) is 10.8 Å². The van der Waals surface area contributed by atoms with Gasteiger partial charge in [-0.2, -0.15) is 0 Å². The Hall–Kier alpha value is -1.13. The van der Waals surface area contributed by atoms with Gasteiger partial charge >= 0.3 is 0 Å². The first-order valence-electron chi connectivity index (χ1n) is 5.74. The van der Waals surface area contributed by atoms with Gasteiger partial charge in [-0.1, -0.05) is 11.6 Å². The van der Waals surface area contributed by atoms with E-state index in [-0.39, 0.29) is 0 Å². The van der Waals surface area contributed by atoms with Crippen molar-refractivity contribution in [2.75, 3.05) is 25.1 Å². The molecule has 17 heavy (non-hydrogen) atoms. The van der Waals surface area contributed by atoms with Crippen molar-refractivity contribution in [1.82, 2.24) is 0 Å². The number of halogens is 1. The maximum absolute atomic E-state index is 10.7. The molecule has 0 radical (unpaired) electrons. The van der Waals surface area contributed by atoms with E-state index in [1.54, 1.807) is 18.2 Å². The third-order valence-corrected chi connectivity index (χ3v) is 3.22. The Balaban J connectivity index is 1.95. The van der Waals surface area contributed by atoms with E-state index < -0.39 is 0 Å². The lowest BCUT2D eigenvalue weighted by Gasteiger charge is -2.22. The Bertz CT molecular complexity index is 392. The van der Waals surface area contributed by atoms with Gasteiger partial charge in [0.1, 0.15) is 5.69 Å². The van der Waals surface area contributed by atoms with Crippen LogP contribution in [0.5, 0.6) is 0 Å². The van der Waals surface area contributed by atoms with Crippen LogP contribution in [0.1, 0.15) is 12.8 Å². The van der Waals surface area contributed by atoms with Crippen LogP contribution in [-0.4, -0.2) is 19.8 Å². The fourth-order valence-corrected chi connectivity index (χ4v) is 2.10. The molecule has 1 heterocycles. The predicted octanol–water partition coefficient (Wildman–Crippen LogP) is 3.58. The molecule has 0 amide bonds. The van der Waals surface area contributed by atoms with Crippen LogP contribution in [0.3, 0.4) is 0 Å². The largest absolute Gasteiger partial charge is 0.383 e. The average Bonchev–Trinajstić information content (AvgIpc) is 2.38. The van der Waals surface area contributed by atoms with E-state index in [0.717, 1.165) is 38.3 Å². The van der Waals surface area contributed by atoms with E-state index in [1.165, 1.54) is 0 Å². The summed E-state index contributed by atoms with van der Waals surface area (Å²) >= 11 is 5.80. The van der Waals surface area contributed by atoms with Crippen molar-refractivity contribution < 1.29 is 4.74 Å². The first kappa shape index (κ1) is 12.3. The molecule has 0 unspecified atom stereocenters. The summed E-state index contributed by atoms with van der Waals surface area (Å²) in [6, 6.07) is 5.11. The summed E-state index contributed by atoms with van der Waals surface area (Å²) in [6.07, 6.45) is 2.12. The van der Waals surface area contributed by atoms with Crippen molar-refractivity contribution in [2.45, 2.75) is 12.8 Å². The van der Waals surface area contributed by atoms with E-state index >= 15 is 0 Å². The van der Waals surface area contributed by atoms with Crippen LogP contribution in [0.4, 0.5) is 11.4 Å². The third kappa shape index (κ3) is 3.41. The van der Waals surface area contributed by atoms with Gasteiger partial charge in [0.15, 0.2) is 0 Å². The molecule has 1 aromatic carbocycles. The summed E-state index contributed by atoms with van der Waals surface area (Å²) in [6.45, 7) is 2.49. The summed E-state index contributed by atoms with van der Waals surface area (Å²) in [5, 5.41) is 6.75. The second-order valence-electron chi connectivity index (χ2n) is 4.19. The number of nitroso groups, excluding NO2 is 1. The zero-order valence-corrected chi connectivity index (χ0v) is 10.2. The summed E-state index contributed by atoms with van der Waals surface area (Å²) in [5.41, 5.74) is 1.11. The van der Waals surface area contributed by atoms with Gasteiger partial charge in [0.2, 0.25) is 0 Å². The molecule has 1 aromatic rings. The summed E-state index contributed by atoms with van der Waals surface area (Å²) in [5.74, 6) is 0.596. The molecule has 1 aliphatic rings. The maximum atomic E-state index is 10.7. The molecule has 0 saturated carbocycles. The number of hydrogen-bond donors (Lipinski definition) is 1. The fraction of sp³-hybridized carbons (Fsp3) is 0.500. The minimum atomic E-state index is 0.365. The van der Waals surface area contributed by atoms with Gasteiger partial charge in [0.25, 0.3) is 0 Å². The van der Waals surface area contributed by atoms with Crippen LogP contribution >= 0.6 is 11.6 Å². The molecule has 1 saturated heterocycles. The standard InChI is InChI=1S/C12H15ClN2O2/c13-10-1-2-11(12(7-10)15-16)14-8-9-3-5-17-6-4-9/h1-2,7,9,14H,3-6,8H2. The van der Waals surface area contributed by atoms with Crippen LogP contribution in [0.15, 0.2) is 23.4 Å². The molecule has 1 N–H and O–H groups in total. The molecule has 0 spiro atoms. The summed E-state index contributed by atoms with van der Waals surface area (Å²) in [4.78, 5) is 10.7. The Morgan fingerprint density at radius 3 is 2.88 bits per heavy atom. The normalized spacial score (nSPS) is 16.8. The zero-order chi connectivity index (χ0) is 12.1. The molecule has 92 valence electrons. The summed E-state index contributed by atoms with van der Waals surface area (Å²) < 4.78 is 5.30. The molecule has 0 aromatic heterocycles. The Labute approximate surface area is 105 Å². The fourth-order valence-electron chi connectivity index (χ4n) is 1.93. The van der Waals surface area contributed by atoms with Crippen molar-refractivity contribution in [3.8, 4) is 0 Å². The quantitative estimate of drug-likeness (QED) is 0.836. The van der Waals surface area contributed by atoms with E-state index in [9.17, 15) is 4.91 Å². The second-order valence-corrected chi connectivity index (χ2v) is 4.63. The first-order chi connectivity index (χ1) is 8.29. The van der Waals surface area contributed by atoms with Crippen molar-refractivity contribution in [3.63, 3.8) is 0 Å². The van der Waals surface area contributed by atoms with Crippen LogP contribution in [0.25, 0.3) is 0 Å². The third-order valence-electron chi connectivity index (χ3n) is 2.98. The highest BCUT2D eigenvalue weighted by molar-refractivity contribution is 6.31. The topological polar surface area (TPSA) is 50.7 Å². The second kappa shape index (κ2) is 5.98. The smallest absolute Gasteiger partial charge is 0.132 e. The molecular weight excluding hydrogens is 240 g/mol. The molecule has 0 atom stereocenters. The minimum absolute atomic E-state index is 0.365. The Morgan fingerprint density at radius 2 is 2.18 bits per heavy atom. The van der Waals surface area contributed by atoms with Crippen molar-refractivity contribution in [3.05, 3.63) is 28.1 Å². The number of benzene rings is 1. The number of anilines is 1. The van der Waals surface area contributed by atoms with Gasteiger partial charge in [0.05, 0.1) is 5.69 Å². The lowest BCUT2D eigenvalue weighted by atomic mass is 10.0. The van der Waals surface area contributed by atoms with Gasteiger partial charge in [-0.3, -0.25) is 0 Å². The average molecular weight is 255 g/mol. The SMILES string of the molecule is O=Nc1cc(Cl)ccc1NCC1CCOCC1. The number of nitrogens with one attached hydrogen (secondary N) is 1. The Kier molecular flexibility index (Phi) is 4.34. The summed E-state index contributed by atoms with van der Waals surface area (Å²) in [7, 11) is 0. The van der Waals surface area contributed by atoms with Crippen molar-refractivity contribution >= 4 is 23.0 Å². The predicted molar refractivity (Wildman–Crippen MR) is 68.9 cm³/mol. The maximum Gasteiger partial charge on any atom is 0.132 e. The molecule has 0 bridgehead atoms. The van der Waals surface area contributed by atoms with Gasteiger partial charge in [-0.15, -0.1) is 4.91 Å². The lowest BCUT2D eigenvalue weighted by Crippen LogP contribution is -2.22. The van der Waals surface area contributed by atoms with Crippen LogP contribution in [0.2, 0.25) is 5.02 Å². The highest BCUT2D eigenvalue weighted by Crippen LogP contribution is 2.28. The van der Waals surface area contributed by atoms with Gasteiger partial charge in [-0.05, 0) is 42.1 Å². The lowest BCUT2D eigenvalue weighted by molar-refractivity contribution is 0.0699. The van der Waals surface area contributed by atoms with Gasteiger partial charge < -0.3 is 10.1 Å². The Morgan fingerprint density at radius 1 is 1.41 bits per heavy atom. The van der Waals surface area contributed by atoms with Crippen LogP contribution in [-0.2, 0) is 4.74 Å². The number of nitrogens with zero attached hydrogens (tertiary/aromatic N) is 1. The number of rotatable bonds is 4. The highest BCUT2D eigenvalue weighted by atomic mass is 35.5. The molecule has 4 nitrogen and oxygen atoms in total. The van der Waals surface area contributed by atoms with Gasteiger partial charge in [-0.25, -0.2) is 0 Å². The molecule has 0 aliphatic carbocycles. The molecule has 1 fully saturated rings. The van der Waals surface area contributed by atoms with E-state index in [0.29, 0.717) is 16.6 Å².